The third-order valence-electron chi connectivity index (χ3n) is 3.73. The molecule has 1 aromatic carbocycles. The van der Waals surface area contributed by atoms with Gasteiger partial charge in [-0.2, -0.15) is 5.10 Å². The quantitative estimate of drug-likeness (QED) is 0.662. The van der Waals surface area contributed by atoms with Crippen LogP contribution in [0.4, 0.5) is 14.5 Å². The largest absolute Gasteiger partial charge is 0.364 e. The van der Waals surface area contributed by atoms with Gasteiger partial charge in [-0.1, -0.05) is 0 Å². The Morgan fingerprint density at radius 3 is 2.59 bits per heavy atom. The third kappa shape index (κ3) is 3.96. The summed E-state index contributed by atoms with van der Waals surface area (Å²) in [4.78, 5) is 12.4. The molecule has 3 rings (SSSR count). The van der Waals surface area contributed by atoms with Crippen LogP contribution in [0.3, 0.4) is 0 Å². The average molecular weight is 375 g/mol. The Kier molecular flexibility index (Phi) is 5.19. The number of rotatable bonds is 5. The molecule has 2 heterocycles. The minimum Gasteiger partial charge on any atom is -0.364 e. The summed E-state index contributed by atoms with van der Waals surface area (Å²) in [6.45, 7) is 0. The number of hydrogen-bond donors (Lipinski definition) is 2. The Hall–Kier alpha value is -3.24. The minimum absolute atomic E-state index is 0.0507. The zero-order chi connectivity index (χ0) is 19.6. The number of methoxy groups -OCH3 is 1. The molecule has 0 aliphatic rings. The van der Waals surface area contributed by atoms with E-state index in [0.29, 0.717) is 5.69 Å². The molecule has 2 N–H and O–H groups in total. The molecule has 0 saturated carbocycles. The zero-order valence-corrected chi connectivity index (χ0v) is 14.3. The Labute approximate surface area is 152 Å². The number of benzene rings is 1. The van der Waals surface area contributed by atoms with E-state index in [0.717, 1.165) is 17.7 Å². The fourth-order valence-electron chi connectivity index (χ4n) is 2.35. The van der Waals surface area contributed by atoms with Gasteiger partial charge < -0.3 is 15.2 Å². The third-order valence-corrected chi connectivity index (χ3v) is 3.73. The second-order valence-electron chi connectivity index (χ2n) is 5.60. The van der Waals surface area contributed by atoms with Crippen molar-refractivity contribution in [3.05, 3.63) is 59.6 Å². The van der Waals surface area contributed by atoms with Crippen LogP contribution in [0.15, 0.2) is 36.7 Å². The lowest BCUT2D eigenvalue weighted by Crippen LogP contribution is -2.17. The molecule has 3 aromatic rings. The number of aromatic nitrogens is 4. The van der Waals surface area contributed by atoms with Crippen molar-refractivity contribution >= 4 is 11.6 Å². The van der Waals surface area contributed by atoms with Crippen LogP contribution in [0.2, 0.25) is 0 Å². The molecule has 0 aliphatic carbocycles. The van der Waals surface area contributed by atoms with Gasteiger partial charge in [0.1, 0.15) is 0 Å². The molecule has 1 unspecified atom stereocenters. The van der Waals surface area contributed by atoms with Crippen molar-refractivity contribution in [1.29, 1.82) is 0 Å². The van der Waals surface area contributed by atoms with Gasteiger partial charge in [-0.15, -0.1) is 10.2 Å². The highest BCUT2D eigenvalue weighted by molar-refractivity contribution is 6.03. The molecule has 0 spiro atoms. The normalized spacial score (nSPS) is 12.0. The van der Waals surface area contributed by atoms with Crippen LogP contribution in [-0.2, 0) is 11.8 Å². The van der Waals surface area contributed by atoms with Gasteiger partial charge in [0.2, 0.25) is 0 Å². The van der Waals surface area contributed by atoms with Crippen LogP contribution in [0, 0.1) is 11.6 Å². The van der Waals surface area contributed by atoms with Crippen molar-refractivity contribution in [1.82, 2.24) is 20.0 Å². The fourth-order valence-corrected chi connectivity index (χ4v) is 2.35. The molecule has 2 aromatic heterocycles. The standard InChI is InChI=1S/C17H15F2N5O3/c1-24-8-9(7-20-24)13-3-4-14(23-22-13)16(25)21-15-6-12(19)11(18)5-10(15)17(26)27-2/h3-8,17,26H,1-2H3,(H,21,25). The number of amides is 1. The molecular formula is C17H15F2N5O3. The number of ether oxygens (including phenoxy) is 1. The highest BCUT2D eigenvalue weighted by Crippen LogP contribution is 2.27. The van der Waals surface area contributed by atoms with E-state index in [4.69, 9.17) is 4.74 Å². The van der Waals surface area contributed by atoms with Crippen LogP contribution in [0.5, 0.6) is 0 Å². The van der Waals surface area contributed by atoms with Gasteiger partial charge in [-0.05, 0) is 18.2 Å². The first kappa shape index (κ1) is 18.5. The topological polar surface area (TPSA) is 102 Å². The minimum atomic E-state index is -1.55. The highest BCUT2D eigenvalue weighted by Gasteiger charge is 2.19. The van der Waals surface area contributed by atoms with Crippen molar-refractivity contribution in [2.45, 2.75) is 6.29 Å². The Morgan fingerprint density at radius 1 is 1.26 bits per heavy atom. The summed E-state index contributed by atoms with van der Waals surface area (Å²) in [6, 6.07) is 4.50. The molecule has 0 fully saturated rings. The Balaban J connectivity index is 1.84. The molecule has 0 saturated heterocycles. The van der Waals surface area contributed by atoms with Gasteiger partial charge in [0.25, 0.3) is 5.91 Å². The number of carbonyl (C=O) groups excluding carboxylic acids is 1. The van der Waals surface area contributed by atoms with Crippen LogP contribution < -0.4 is 5.32 Å². The van der Waals surface area contributed by atoms with Crippen LogP contribution in [-0.4, -0.2) is 38.1 Å². The predicted molar refractivity (Wildman–Crippen MR) is 90.5 cm³/mol. The van der Waals surface area contributed by atoms with Crippen molar-refractivity contribution < 1.29 is 23.4 Å². The van der Waals surface area contributed by atoms with Gasteiger partial charge in [0, 0.05) is 37.5 Å². The van der Waals surface area contributed by atoms with Crippen LogP contribution in [0.1, 0.15) is 22.3 Å². The summed E-state index contributed by atoms with van der Waals surface area (Å²) in [7, 11) is 2.94. The van der Waals surface area contributed by atoms with E-state index in [2.05, 4.69) is 20.6 Å². The SMILES string of the molecule is COC(O)c1cc(F)c(F)cc1NC(=O)c1ccc(-c2cnn(C)c2)nn1. The van der Waals surface area contributed by atoms with Gasteiger partial charge in [0.15, 0.2) is 23.6 Å². The molecule has 27 heavy (non-hydrogen) atoms. The van der Waals surface area contributed by atoms with E-state index in [1.54, 1.807) is 30.2 Å². The Morgan fingerprint density at radius 2 is 2.00 bits per heavy atom. The first-order chi connectivity index (χ1) is 12.9. The van der Waals surface area contributed by atoms with Gasteiger partial charge in [-0.25, -0.2) is 8.78 Å². The summed E-state index contributed by atoms with van der Waals surface area (Å²) in [5, 5.41) is 24.0. The van der Waals surface area contributed by atoms with E-state index < -0.39 is 23.8 Å². The average Bonchev–Trinajstić information content (AvgIpc) is 3.10. The summed E-state index contributed by atoms with van der Waals surface area (Å²) >= 11 is 0. The number of aryl methyl sites for hydroxylation is 1. The number of halogens is 2. The van der Waals surface area contributed by atoms with E-state index in [9.17, 15) is 18.7 Å². The molecule has 0 aliphatic heterocycles. The molecule has 1 amide bonds. The molecule has 1 atom stereocenters. The smallest absolute Gasteiger partial charge is 0.276 e. The second kappa shape index (κ2) is 7.56. The van der Waals surface area contributed by atoms with Crippen molar-refractivity contribution in [3.8, 4) is 11.3 Å². The monoisotopic (exact) mass is 375 g/mol. The van der Waals surface area contributed by atoms with E-state index in [-0.39, 0.29) is 16.9 Å². The van der Waals surface area contributed by atoms with Crippen LogP contribution in [0.25, 0.3) is 11.3 Å². The van der Waals surface area contributed by atoms with Crippen LogP contribution >= 0.6 is 0 Å². The number of nitrogens with zero attached hydrogens (tertiary/aromatic N) is 4. The van der Waals surface area contributed by atoms with E-state index >= 15 is 0 Å². The van der Waals surface area contributed by atoms with Gasteiger partial charge >= 0.3 is 0 Å². The predicted octanol–water partition coefficient (Wildman–Crippen LogP) is 2.04. The second-order valence-corrected chi connectivity index (χ2v) is 5.60. The summed E-state index contributed by atoms with van der Waals surface area (Å²) in [6.07, 6.45) is 1.79. The zero-order valence-electron chi connectivity index (χ0n) is 14.3. The Bertz CT molecular complexity index is 975. The number of nitrogens with one attached hydrogen (secondary N) is 1. The maximum absolute atomic E-state index is 13.5. The maximum atomic E-state index is 13.5. The summed E-state index contributed by atoms with van der Waals surface area (Å²) in [5.41, 5.74) is 0.910. The number of anilines is 1. The molecule has 8 nitrogen and oxygen atoms in total. The molecular weight excluding hydrogens is 360 g/mol. The van der Waals surface area contributed by atoms with Crippen molar-refractivity contribution in [2.75, 3.05) is 12.4 Å². The molecule has 0 radical (unpaired) electrons. The molecule has 0 bridgehead atoms. The van der Waals surface area contributed by atoms with Crippen molar-refractivity contribution in [3.63, 3.8) is 0 Å². The molecule has 10 heteroatoms. The van der Waals surface area contributed by atoms with E-state index in [1.165, 1.54) is 13.2 Å². The van der Waals surface area contributed by atoms with Crippen molar-refractivity contribution in [2.24, 2.45) is 7.05 Å². The highest BCUT2D eigenvalue weighted by atomic mass is 19.2. The number of aliphatic hydroxyl groups is 1. The fraction of sp³-hybridized carbons (Fsp3) is 0.176. The summed E-state index contributed by atoms with van der Waals surface area (Å²) in [5.74, 6) is -3.08. The van der Waals surface area contributed by atoms with Gasteiger partial charge in [0.05, 0.1) is 17.6 Å². The lowest BCUT2D eigenvalue weighted by atomic mass is 10.1. The first-order valence-corrected chi connectivity index (χ1v) is 7.73. The molecule has 140 valence electrons. The number of carbonyl (C=O) groups is 1. The first-order valence-electron chi connectivity index (χ1n) is 7.73. The maximum Gasteiger partial charge on any atom is 0.276 e. The lowest BCUT2D eigenvalue weighted by Gasteiger charge is -2.15. The van der Waals surface area contributed by atoms with Gasteiger partial charge in [-0.3, -0.25) is 9.48 Å². The lowest BCUT2D eigenvalue weighted by molar-refractivity contribution is -0.0766. The number of hydrogen-bond acceptors (Lipinski definition) is 6. The number of aliphatic hydroxyl groups excluding tert-OH is 1. The summed E-state index contributed by atoms with van der Waals surface area (Å²) < 4.78 is 33.3. The van der Waals surface area contributed by atoms with E-state index in [1.807, 2.05) is 0 Å².